The number of likely N-dealkylation sites (tertiary alicyclic amines) is 2. The summed E-state index contributed by atoms with van der Waals surface area (Å²) in [6.07, 6.45) is 7.25. The molecule has 3 fully saturated rings. The first-order chi connectivity index (χ1) is 13.6. The van der Waals surface area contributed by atoms with E-state index in [1.54, 1.807) is 0 Å². The van der Waals surface area contributed by atoms with E-state index in [2.05, 4.69) is 18.7 Å². The van der Waals surface area contributed by atoms with Crippen molar-refractivity contribution in [3.8, 4) is 5.75 Å². The maximum atomic E-state index is 13.0. The molecule has 3 heterocycles. The Morgan fingerprint density at radius 2 is 1.82 bits per heavy atom. The SMILES string of the molecule is CC1CCC(C)N1C1CCCN(C(=O)c2ccc(OCC3CCCO3)cc2)C1. The van der Waals surface area contributed by atoms with Gasteiger partial charge in [0.25, 0.3) is 5.91 Å². The predicted octanol–water partition coefficient (Wildman–Crippen LogP) is 3.72. The van der Waals surface area contributed by atoms with Crippen molar-refractivity contribution in [1.82, 2.24) is 9.80 Å². The molecule has 3 saturated heterocycles. The average molecular weight is 387 g/mol. The third-order valence-corrected chi connectivity index (χ3v) is 6.69. The van der Waals surface area contributed by atoms with Crippen LogP contribution in [0.4, 0.5) is 0 Å². The van der Waals surface area contributed by atoms with Crippen molar-refractivity contribution in [2.75, 3.05) is 26.3 Å². The van der Waals surface area contributed by atoms with Gasteiger partial charge in [0.15, 0.2) is 0 Å². The summed E-state index contributed by atoms with van der Waals surface area (Å²) < 4.78 is 11.4. The molecule has 0 radical (unpaired) electrons. The molecule has 1 aromatic rings. The van der Waals surface area contributed by atoms with Crippen LogP contribution in [0.3, 0.4) is 0 Å². The van der Waals surface area contributed by atoms with Gasteiger partial charge in [0.05, 0.1) is 6.10 Å². The summed E-state index contributed by atoms with van der Waals surface area (Å²) in [6, 6.07) is 9.39. The van der Waals surface area contributed by atoms with Gasteiger partial charge in [-0.3, -0.25) is 9.69 Å². The van der Waals surface area contributed by atoms with Crippen molar-refractivity contribution >= 4 is 5.91 Å². The fourth-order valence-corrected chi connectivity index (χ4v) is 5.16. The van der Waals surface area contributed by atoms with Crippen LogP contribution in [-0.2, 0) is 4.74 Å². The average Bonchev–Trinajstić information content (AvgIpc) is 3.36. The topological polar surface area (TPSA) is 42.0 Å². The van der Waals surface area contributed by atoms with Crippen molar-refractivity contribution < 1.29 is 14.3 Å². The Bertz CT molecular complexity index is 646. The van der Waals surface area contributed by atoms with Crippen LogP contribution in [-0.4, -0.2) is 66.2 Å². The Labute approximate surface area is 169 Å². The summed E-state index contributed by atoms with van der Waals surface area (Å²) in [5, 5.41) is 0. The van der Waals surface area contributed by atoms with Crippen molar-refractivity contribution in [3.05, 3.63) is 29.8 Å². The highest BCUT2D eigenvalue weighted by Gasteiger charge is 2.36. The maximum Gasteiger partial charge on any atom is 0.253 e. The lowest BCUT2D eigenvalue weighted by Gasteiger charge is -2.41. The van der Waals surface area contributed by atoms with Gasteiger partial charge in [0, 0.05) is 43.4 Å². The molecule has 28 heavy (non-hydrogen) atoms. The van der Waals surface area contributed by atoms with Gasteiger partial charge in [-0.1, -0.05) is 0 Å². The van der Waals surface area contributed by atoms with Crippen LogP contribution in [0, 0.1) is 0 Å². The van der Waals surface area contributed by atoms with E-state index < -0.39 is 0 Å². The van der Waals surface area contributed by atoms with Gasteiger partial charge in [-0.15, -0.1) is 0 Å². The molecular weight excluding hydrogens is 352 g/mol. The zero-order valence-electron chi connectivity index (χ0n) is 17.3. The number of nitrogens with zero attached hydrogens (tertiary/aromatic N) is 2. The molecule has 3 aliphatic heterocycles. The second-order valence-electron chi connectivity index (χ2n) is 8.74. The molecule has 0 saturated carbocycles. The second-order valence-corrected chi connectivity index (χ2v) is 8.74. The first kappa shape index (κ1) is 19.7. The first-order valence-electron chi connectivity index (χ1n) is 11.0. The number of hydrogen-bond acceptors (Lipinski definition) is 4. The van der Waals surface area contributed by atoms with Crippen LogP contribution in [0.5, 0.6) is 5.75 Å². The molecule has 0 aromatic heterocycles. The largest absolute Gasteiger partial charge is 0.491 e. The molecule has 0 N–H and O–H groups in total. The lowest BCUT2D eigenvalue weighted by Crippen LogP contribution is -2.52. The number of ether oxygens (including phenoxy) is 2. The highest BCUT2D eigenvalue weighted by Crippen LogP contribution is 2.30. The van der Waals surface area contributed by atoms with Crippen LogP contribution in [0.2, 0.25) is 0 Å². The molecule has 5 nitrogen and oxygen atoms in total. The van der Waals surface area contributed by atoms with Crippen LogP contribution >= 0.6 is 0 Å². The van der Waals surface area contributed by atoms with E-state index >= 15 is 0 Å². The summed E-state index contributed by atoms with van der Waals surface area (Å²) in [7, 11) is 0. The molecule has 5 heteroatoms. The standard InChI is InChI=1S/C23H34N2O3/c1-17-7-8-18(2)25(17)20-5-3-13-24(15-20)23(26)19-9-11-21(12-10-19)28-16-22-6-4-14-27-22/h9-12,17-18,20,22H,3-8,13-16H2,1-2H3. The second kappa shape index (κ2) is 8.83. The minimum Gasteiger partial charge on any atom is -0.491 e. The molecule has 1 aromatic carbocycles. The first-order valence-corrected chi connectivity index (χ1v) is 11.0. The molecule has 0 aliphatic carbocycles. The van der Waals surface area contributed by atoms with Gasteiger partial charge in [0.1, 0.15) is 12.4 Å². The molecule has 3 aliphatic rings. The number of carbonyl (C=O) groups excluding carboxylic acids is 1. The summed E-state index contributed by atoms with van der Waals surface area (Å²) in [5.41, 5.74) is 0.757. The number of carbonyl (C=O) groups is 1. The van der Waals surface area contributed by atoms with Crippen molar-refractivity contribution in [2.24, 2.45) is 0 Å². The third-order valence-electron chi connectivity index (χ3n) is 6.69. The highest BCUT2D eigenvalue weighted by atomic mass is 16.5. The zero-order valence-corrected chi connectivity index (χ0v) is 17.3. The maximum absolute atomic E-state index is 13.0. The molecule has 0 spiro atoms. The summed E-state index contributed by atoms with van der Waals surface area (Å²) >= 11 is 0. The van der Waals surface area contributed by atoms with Crippen LogP contribution < -0.4 is 4.74 Å². The Kier molecular flexibility index (Phi) is 6.22. The van der Waals surface area contributed by atoms with Gasteiger partial charge < -0.3 is 14.4 Å². The van der Waals surface area contributed by atoms with Gasteiger partial charge >= 0.3 is 0 Å². The Balaban J connectivity index is 1.34. The van der Waals surface area contributed by atoms with E-state index in [0.717, 1.165) is 50.3 Å². The van der Waals surface area contributed by atoms with Crippen LogP contribution in [0.1, 0.15) is 62.7 Å². The summed E-state index contributed by atoms with van der Waals surface area (Å²) in [4.78, 5) is 17.8. The van der Waals surface area contributed by atoms with Gasteiger partial charge in [-0.2, -0.15) is 0 Å². The van der Waals surface area contributed by atoms with Crippen LogP contribution in [0.25, 0.3) is 0 Å². The minimum atomic E-state index is 0.148. The smallest absolute Gasteiger partial charge is 0.253 e. The van der Waals surface area contributed by atoms with Crippen LogP contribution in [0.15, 0.2) is 24.3 Å². The lowest BCUT2D eigenvalue weighted by atomic mass is 10.0. The number of benzene rings is 1. The number of hydrogen-bond donors (Lipinski definition) is 0. The minimum absolute atomic E-state index is 0.148. The molecule has 4 unspecified atom stereocenters. The number of amides is 1. The third kappa shape index (κ3) is 4.36. The van der Waals surface area contributed by atoms with Crippen molar-refractivity contribution in [3.63, 3.8) is 0 Å². The molecule has 4 atom stereocenters. The number of piperidine rings is 1. The van der Waals surface area contributed by atoms with Gasteiger partial charge in [-0.05, 0) is 76.6 Å². The monoisotopic (exact) mass is 386 g/mol. The molecule has 1 amide bonds. The lowest BCUT2D eigenvalue weighted by molar-refractivity contribution is 0.0487. The van der Waals surface area contributed by atoms with E-state index in [0.29, 0.717) is 24.7 Å². The normalized spacial score (nSPS) is 31.3. The fraction of sp³-hybridized carbons (Fsp3) is 0.696. The van der Waals surface area contributed by atoms with Crippen molar-refractivity contribution in [1.29, 1.82) is 0 Å². The molecule has 4 rings (SSSR count). The van der Waals surface area contributed by atoms with Crippen molar-refractivity contribution in [2.45, 2.75) is 76.6 Å². The van der Waals surface area contributed by atoms with E-state index in [-0.39, 0.29) is 12.0 Å². The fourth-order valence-electron chi connectivity index (χ4n) is 5.16. The Hall–Kier alpha value is -1.59. The number of rotatable bonds is 5. The highest BCUT2D eigenvalue weighted by molar-refractivity contribution is 5.94. The van der Waals surface area contributed by atoms with E-state index in [4.69, 9.17) is 9.47 Å². The zero-order chi connectivity index (χ0) is 19.5. The Morgan fingerprint density at radius 1 is 1.07 bits per heavy atom. The van der Waals surface area contributed by atoms with Gasteiger partial charge in [-0.25, -0.2) is 0 Å². The molecule has 154 valence electrons. The van der Waals surface area contributed by atoms with Gasteiger partial charge in [0.2, 0.25) is 0 Å². The summed E-state index contributed by atoms with van der Waals surface area (Å²) in [6.45, 7) is 7.81. The quantitative estimate of drug-likeness (QED) is 0.773. The molecule has 0 bridgehead atoms. The Morgan fingerprint density at radius 3 is 2.50 bits per heavy atom. The van der Waals surface area contributed by atoms with E-state index in [9.17, 15) is 4.79 Å². The van der Waals surface area contributed by atoms with E-state index in [1.165, 1.54) is 19.3 Å². The van der Waals surface area contributed by atoms with E-state index in [1.807, 2.05) is 29.2 Å². The molecular formula is C23H34N2O3. The summed E-state index contributed by atoms with van der Waals surface area (Å²) in [5.74, 6) is 0.957. The predicted molar refractivity (Wildman–Crippen MR) is 110 cm³/mol.